The van der Waals surface area contributed by atoms with Gasteiger partial charge in [-0.3, -0.25) is 0 Å². The van der Waals surface area contributed by atoms with Gasteiger partial charge in [-0.2, -0.15) is 0 Å². The van der Waals surface area contributed by atoms with Crippen LogP contribution in [0.25, 0.3) is 22.4 Å². The summed E-state index contributed by atoms with van der Waals surface area (Å²) in [5, 5.41) is 1.50. The van der Waals surface area contributed by atoms with Gasteiger partial charge in [0.25, 0.3) is 0 Å². The summed E-state index contributed by atoms with van der Waals surface area (Å²) in [6.07, 6.45) is 3.05. The van der Waals surface area contributed by atoms with Gasteiger partial charge < -0.3 is 14.1 Å². The number of carbonyl (C=O) groups excluding carboxylic acids is 1. The molecule has 0 radical (unpaired) electrons. The SMILES string of the molecule is CCOC(=O)c1coc(-c2c[nH]c3ccc(Cl)cc23)n1. The van der Waals surface area contributed by atoms with Gasteiger partial charge in [-0.25, -0.2) is 9.78 Å². The Bertz CT molecular complexity index is 776. The van der Waals surface area contributed by atoms with Crippen LogP contribution in [0.1, 0.15) is 17.4 Å². The van der Waals surface area contributed by atoms with Crippen molar-refractivity contribution in [3.8, 4) is 11.5 Å². The predicted molar refractivity (Wildman–Crippen MR) is 74.8 cm³/mol. The maximum absolute atomic E-state index is 11.6. The minimum absolute atomic E-state index is 0.151. The highest BCUT2D eigenvalue weighted by Gasteiger charge is 2.16. The first-order valence-corrected chi connectivity index (χ1v) is 6.46. The molecule has 6 heteroatoms. The standard InChI is InChI=1S/C14H11ClN2O3/c1-2-19-14(18)12-7-20-13(17-12)10-6-16-11-4-3-8(15)5-9(10)11/h3-7,16H,2H2,1H3. The number of aromatic amines is 1. The van der Waals surface area contributed by atoms with Crippen LogP contribution in [-0.2, 0) is 4.74 Å². The first kappa shape index (κ1) is 12.7. The number of fused-ring (bicyclic) bond motifs is 1. The molecule has 0 amide bonds. The molecule has 102 valence electrons. The van der Waals surface area contributed by atoms with Crippen molar-refractivity contribution in [3.05, 3.63) is 41.4 Å². The summed E-state index contributed by atoms with van der Waals surface area (Å²) in [6, 6.07) is 5.48. The normalized spacial score (nSPS) is 10.9. The van der Waals surface area contributed by atoms with E-state index in [2.05, 4.69) is 9.97 Å². The average molecular weight is 291 g/mol. The molecule has 0 aliphatic heterocycles. The molecule has 2 heterocycles. The second-order valence-electron chi connectivity index (χ2n) is 4.15. The van der Waals surface area contributed by atoms with Gasteiger partial charge >= 0.3 is 5.97 Å². The Hall–Kier alpha value is -2.27. The number of benzene rings is 1. The van der Waals surface area contributed by atoms with Crippen molar-refractivity contribution in [3.63, 3.8) is 0 Å². The predicted octanol–water partition coefficient (Wildman–Crippen LogP) is 3.65. The van der Waals surface area contributed by atoms with Gasteiger partial charge in [0.15, 0.2) is 5.69 Å². The third-order valence-corrected chi connectivity index (χ3v) is 3.10. The number of ether oxygens (including phenoxy) is 1. The van der Waals surface area contributed by atoms with Crippen molar-refractivity contribution in [1.29, 1.82) is 0 Å². The number of H-pyrrole nitrogens is 1. The van der Waals surface area contributed by atoms with E-state index in [0.29, 0.717) is 17.5 Å². The van der Waals surface area contributed by atoms with Gasteiger partial charge in [-0.05, 0) is 25.1 Å². The number of nitrogens with zero attached hydrogens (tertiary/aromatic N) is 1. The summed E-state index contributed by atoms with van der Waals surface area (Å²) < 4.78 is 10.2. The Morgan fingerprint density at radius 1 is 1.50 bits per heavy atom. The van der Waals surface area contributed by atoms with Crippen molar-refractivity contribution in [2.75, 3.05) is 6.61 Å². The summed E-state index contributed by atoms with van der Waals surface area (Å²) in [6.45, 7) is 2.03. The number of rotatable bonds is 3. The summed E-state index contributed by atoms with van der Waals surface area (Å²) in [5.74, 6) is -0.151. The van der Waals surface area contributed by atoms with Gasteiger partial charge in [0.2, 0.25) is 5.89 Å². The van der Waals surface area contributed by atoms with Crippen LogP contribution in [0.15, 0.2) is 35.1 Å². The van der Waals surface area contributed by atoms with Crippen LogP contribution in [0.3, 0.4) is 0 Å². The third kappa shape index (κ3) is 2.16. The zero-order valence-corrected chi connectivity index (χ0v) is 11.4. The number of esters is 1. The lowest BCUT2D eigenvalue weighted by Gasteiger charge is -1.95. The van der Waals surface area contributed by atoms with Gasteiger partial charge in [0.05, 0.1) is 12.2 Å². The van der Waals surface area contributed by atoms with Crippen molar-refractivity contribution in [2.45, 2.75) is 6.92 Å². The zero-order valence-electron chi connectivity index (χ0n) is 10.6. The van der Waals surface area contributed by atoms with Crippen LogP contribution in [0, 0.1) is 0 Å². The number of halogens is 1. The van der Waals surface area contributed by atoms with Crippen molar-refractivity contribution < 1.29 is 13.9 Å². The molecule has 0 aliphatic rings. The Labute approximate surface area is 119 Å². The lowest BCUT2D eigenvalue weighted by molar-refractivity contribution is 0.0519. The molecule has 0 saturated heterocycles. The lowest BCUT2D eigenvalue weighted by atomic mass is 10.2. The minimum Gasteiger partial charge on any atom is -0.461 e. The molecule has 2 aromatic heterocycles. The summed E-state index contributed by atoms with van der Waals surface area (Å²) >= 11 is 5.99. The monoisotopic (exact) mass is 290 g/mol. The maximum atomic E-state index is 11.6. The molecule has 0 aliphatic carbocycles. The van der Waals surface area contributed by atoms with Gasteiger partial charge in [-0.1, -0.05) is 11.6 Å². The molecule has 0 unspecified atom stereocenters. The van der Waals surface area contributed by atoms with E-state index in [-0.39, 0.29) is 5.69 Å². The zero-order chi connectivity index (χ0) is 14.1. The van der Waals surface area contributed by atoms with Crippen LogP contribution < -0.4 is 0 Å². The van der Waals surface area contributed by atoms with E-state index in [1.54, 1.807) is 19.2 Å². The molecule has 3 aromatic rings. The Balaban J connectivity index is 2.03. The van der Waals surface area contributed by atoms with Gasteiger partial charge in [0.1, 0.15) is 6.26 Å². The second-order valence-corrected chi connectivity index (χ2v) is 4.59. The van der Waals surface area contributed by atoms with E-state index < -0.39 is 5.97 Å². The molecule has 20 heavy (non-hydrogen) atoms. The van der Waals surface area contributed by atoms with E-state index in [0.717, 1.165) is 16.5 Å². The Kier molecular flexibility index (Phi) is 3.20. The molecular weight excluding hydrogens is 280 g/mol. The first-order chi connectivity index (χ1) is 9.69. The largest absolute Gasteiger partial charge is 0.461 e. The van der Waals surface area contributed by atoms with Crippen LogP contribution in [0.5, 0.6) is 0 Å². The highest BCUT2D eigenvalue weighted by Crippen LogP contribution is 2.30. The molecule has 0 atom stereocenters. The van der Waals surface area contributed by atoms with Crippen LogP contribution in [-0.4, -0.2) is 22.5 Å². The number of oxazole rings is 1. The Morgan fingerprint density at radius 3 is 3.15 bits per heavy atom. The molecule has 1 N–H and O–H groups in total. The lowest BCUT2D eigenvalue weighted by Crippen LogP contribution is -2.04. The van der Waals surface area contributed by atoms with E-state index in [1.807, 2.05) is 12.1 Å². The van der Waals surface area contributed by atoms with Gasteiger partial charge in [-0.15, -0.1) is 0 Å². The molecule has 0 spiro atoms. The van der Waals surface area contributed by atoms with Crippen molar-refractivity contribution in [2.24, 2.45) is 0 Å². The quantitative estimate of drug-likeness (QED) is 0.748. The molecule has 3 rings (SSSR count). The fourth-order valence-corrected chi connectivity index (χ4v) is 2.14. The number of aromatic nitrogens is 2. The number of hydrogen-bond donors (Lipinski definition) is 1. The molecular formula is C14H11ClN2O3. The number of hydrogen-bond acceptors (Lipinski definition) is 4. The minimum atomic E-state index is -0.500. The van der Waals surface area contributed by atoms with E-state index in [1.165, 1.54) is 6.26 Å². The maximum Gasteiger partial charge on any atom is 0.360 e. The van der Waals surface area contributed by atoms with Crippen LogP contribution in [0.4, 0.5) is 0 Å². The molecule has 0 bridgehead atoms. The third-order valence-electron chi connectivity index (χ3n) is 2.86. The second kappa shape index (κ2) is 5.02. The summed E-state index contributed by atoms with van der Waals surface area (Å²) in [4.78, 5) is 18.8. The fraction of sp³-hybridized carbons (Fsp3) is 0.143. The smallest absolute Gasteiger partial charge is 0.360 e. The van der Waals surface area contributed by atoms with Crippen LogP contribution >= 0.6 is 11.6 Å². The van der Waals surface area contributed by atoms with Gasteiger partial charge in [0, 0.05) is 22.1 Å². The van der Waals surface area contributed by atoms with E-state index in [4.69, 9.17) is 20.8 Å². The first-order valence-electron chi connectivity index (χ1n) is 6.08. The average Bonchev–Trinajstić information content (AvgIpc) is 3.04. The van der Waals surface area contributed by atoms with Crippen LogP contribution in [0.2, 0.25) is 5.02 Å². The van der Waals surface area contributed by atoms with Crippen molar-refractivity contribution in [1.82, 2.24) is 9.97 Å². The number of nitrogens with one attached hydrogen (secondary N) is 1. The molecule has 0 saturated carbocycles. The number of carbonyl (C=O) groups is 1. The highest BCUT2D eigenvalue weighted by molar-refractivity contribution is 6.31. The molecule has 1 aromatic carbocycles. The molecule has 5 nitrogen and oxygen atoms in total. The van der Waals surface area contributed by atoms with E-state index >= 15 is 0 Å². The van der Waals surface area contributed by atoms with Crippen molar-refractivity contribution >= 4 is 28.5 Å². The topological polar surface area (TPSA) is 68.1 Å². The summed E-state index contributed by atoms with van der Waals surface area (Å²) in [5.41, 5.74) is 1.82. The Morgan fingerprint density at radius 2 is 2.35 bits per heavy atom. The highest BCUT2D eigenvalue weighted by atomic mass is 35.5. The van der Waals surface area contributed by atoms with E-state index in [9.17, 15) is 4.79 Å². The summed E-state index contributed by atoms with van der Waals surface area (Å²) in [7, 11) is 0. The molecule has 0 fully saturated rings. The fourth-order valence-electron chi connectivity index (χ4n) is 1.97.